The molecule has 0 bridgehead atoms. The van der Waals surface area contributed by atoms with E-state index in [4.69, 9.17) is 0 Å². The molecule has 3 aromatic carbocycles. The van der Waals surface area contributed by atoms with E-state index in [0.717, 1.165) is 68.1 Å². The summed E-state index contributed by atoms with van der Waals surface area (Å²) in [5.74, 6) is 0.0134. The summed E-state index contributed by atoms with van der Waals surface area (Å²) in [6.07, 6.45) is 0.157. The Labute approximate surface area is 297 Å². The number of rotatable bonds is 9. The third kappa shape index (κ3) is 5.33. The Morgan fingerprint density at radius 2 is 1.06 bits per heavy atom. The molecule has 0 saturated heterocycles. The lowest BCUT2D eigenvalue weighted by Gasteiger charge is -2.11. The van der Waals surface area contributed by atoms with Crippen LogP contribution in [-0.2, 0) is 6.18 Å². The van der Waals surface area contributed by atoms with Crippen LogP contribution in [0, 0.1) is 5.92 Å². The van der Waals surface area contributed by atoms with Crippen molar-refractivity contribution in [3.8, 4) is 0 Å². The van der Waals surface area contributed by atoms with E-state index in [2.05, 4.69) is 10.2 Å². The fourth-order valence-electron chi connectivity index (χ4n) is 6.72. The lowest BCUT2D eigenvalue weighted by atomic mass is 10.0. The van der Waals surface area contributed by atoms with E-state index in [1.165, 1.54) is 19.2 Å². The van der Waals surface area contributed by atoms with E-state index in [-0.39, 0.29) is 42.5 Å². The predicted octanol–water partition coefficient (Wildman–Crippen LogP) is 2.79. The average molecular weight is 741 g/mol. The summed E-state index contributed by atoms with van der Waals surface area (Å²) in [6, 6.07) is 8.29. The maximum atomic E-state index is 13.7. The van der Waals surface area contributed by atoms with Gasteiger partial charge >= 0.3 is 6.18 Å². The molecule has 0 aliphatic heterocycles. The molecule has 4 aromatic heterocycles. The zero-order valence-corrected chi connectivity index (χ0v) is 28.7. The molecule has 7 aromatic rings. The molecule has 0 aliphatic carbocycles. The highest BCUT2D eigenvalue weighted by Gasteiger charge is 2.34. The minimum Gasteiger partial charge on any atom is -0.267 e. The molecule has 0 aliphatic rings. The van der Waals surface area contributed by atoms with Gasteiger partial charge in [0, 0.05) is 11.8 Å². The molecule has 274 valence electrons. The summed E-state index contributed by atoms with van der Waals surface area (Å²) in [5, 5.41) is 5.10. The van der Waals surface area contributed by atoms with Crippen LogP contribution in [0.5, 0.6) is 0 Å². The Kier molecular flexibility index (Phi) is 8.46. The Bertz CT molecular complexity index is 3060. The smallest absolute Gasteiger partial charge is 0.267 e. The minimum absolute atomic E-state index is 0.0134. The third-order valence-corrected chi connectivity index (χ3v) is 9.62. The van der Waals surface area contributed by atoms with E-state index in [9.17, 15) is 51.5 Å². The standard InChI is InChI=1S/C37H27F3N6O8/c1-4-6-9-18(5-2)16-41-43-29(47)20-12-24-25(13-21(20)30(43)48)34(52)45(33(24)51)46-35(53)26-14-22-23(15-27(26)36(46)54)32(50)44(31(22)49)42-17(3)19-10-7-8-11-28(19)37(38,39)40/h7-8,10-16,18H,4-6,9H2,1-3H3/b41-16+,42-17-. The first-order valence-corrected chi connectivity index (χ1v) is 16.8. The topological polar surface area (TPSA) is 181 Å². The quantitative estimate of drug-likeness (QED) is 0.203. The second kappa shape index (κ2) is 12.8. The van der Waals surface area contributed by atoms with Gasteiger partial charge in [-0.2, -0.15) is 42.1 Å². The number of nitrogens with zero attached hydrogens (tertiary/aromatic N) is 6. The minimum atomic E-state index is -4.76. The maximum absolute atomic E-state index is 13.7. The van der Waals surface area contributed by atoms with Crippen LogP contribution < -0.4 is 44.5 Å². The van der Waals surface area contributed by atoms with Gasteiger partial charge in [0.25, 0.3) is 44.5 Å². The van der Waals surface area contributed by atoms with Gasteiger partial charge in [-0.15, -0.1) is 0 Å². The van der Waals surface area contributed by atoms with Crippen LogP contribution in [0.25, 0.3) is 43.1 Å². The monoisotopic (exact) mass is 740 g/mol. The Morgan fingerprint density at radius 3 is 1.46 bits per heavy atom. The molecule has 0 spiro atoms. The summed E-state index contributed by atoms with van der Waals surface area (Å²) in [5.41, 5.74) is -10.4. The van der Waals surface area contributed by atoms with Crippen LogP contribution >= 0.6 is 0 Å². The number of benzene rings is 3. The van der Waals surface area contributed by atoms with Gasteiger partial charge in [0.05, 0.1) is 54.4 Å². The van der Waals surface area contributed by atoms with Crippen molar-refractivity contribution in [2.24, 2.45) is 16.1 Å². The molecular formula is C37H27F3N6O8. The zero-order chi connectivity index (χ0) is 39.0. The van der Waals surface area contributed by atoms with E-state index in [1.807, 2.05) is 13.8 Å². The molecule has 0 amide bonds. The summed E-state index contributed by atoms with van der Waals surface area (Å²) in [6.45, 7) is 5.15. The summed E-state index contributed by atoms with van der Waals surface area (Å²) in [4.78, 5) is 108. The normalized spacial score (nSPS) is 13.5. The summed E-state index contributed by atoms with van der Waals surface area (Å²) >= 11 is 0. The SMILES string of the molecule is CCCCC(/C=N/n1c(=O)c2cc3c(=O)n(-n4c(=O)c5cc6c(=O)n(/N=C(/C)c7ccccc7C(F)(F)F)c(=O)c6cc5c4=O)c(=O)c3cc2c1=O)CC. The summed E-state index contributed by atoms with van der Waals surface area (Å²) < 4.78 is 42.3. The first-order chi connectivity index (χ1) is 25.6. The average Bonchev–Trinajstić information content (AvgIpc) is 3.72. The first-order valence-electron chi connectivity index (χ1n) is 16.8. The number of aromatic nitrogens is 4. The molecule has 1 unspecified atom stereocenters. The van der Waals surface area contributed by atoms with Gasteiger partial charge in [0.1, 0.15) is 0 Å². The molecule has 1 atom stereocenters. The van der Waals surface area contributed by atoms with Crippen LogP contribution in [0.2, 0.25) is 0 Å². The lowest BCUT2D eigenvalue weighted by molar-refractivity contribution is -0.137. The van der Waals surface area contributed by atoms with E-state index in [1.54, 1.807) is 0 Å². The fraction of sp³-hybridized carbons (Fsp3) is 0.243. The van der Waals surface area contributed by atoms with Gasteiger partial charge in [0.2, 0.25) is 0 Å². The van der Waals surface area contributed by atoms with E-state index < -0.39 is 83.3 Å². The molecule has 4 heterocycles. The van der Waals surface area contributed by atoms with Gasteiger partial charge in [-0.05, 0) is 56.0 Å². The Morgan fingerprint density at radius 1 is 0.648 bits per heavy atom. The molecule has 17 heteroatoms. The van der Waals surface area contributed by atoms with E-state index in [0.29, 0.717) is 9.35 Å². The van der Waals surface area contributed by atoms with Crippen LogP contribution in [0.3, 0.4) is 0 Å². The predicted molar refractivity (Wildman–Crippen MR) is 197 cm³/mol. The van der Waals surface area contributed by atoms with E-state index >= 15 is 0 Å². The van der Waals surface area contributed by atoms with Crippen molar-refractivity contribution in [2.75, 3.05) is 0 Å². The molecule has 0 fully saturated rings. The number of unbranched alkanes of at least 4 members (excludes halogenated alkanes) is 1. The zero-order valence-electron chi connectivity index (χ0n) is 28.7. The number of halogens is 3. The molecule has 14 nitrogen and oxygen atoms in total. The molecule has 54 heavy (non-hydrogen) atoms. The van der Waals surface area contributed by atoms with Crippen molar-refractivity contribution in [3.05, 3.63) is 142 Å². The summed E-state index contributed by atoms with van der Waals surface area (Å²) in [7, 11) is 0. The van der Waals surface area contributed by atoms with Crippen LogP contribution in [0.15, 0.2) is 97.1 Å². The van der Waals surface area contributed by atoms with Crippen LogP contribution in [0.1, 0.15) is 57.6 Å². The Balaban J connectivity index is 1.36. The first kappa shape index (κ1) is 35.7. The van der Waals surface area contributed by atoms with Crippen molar-refractivity contribution >= 4 is 55.0 Å². The lowest BCUT2D eigenvalue weighted by Crippen LogP contribution is -2.42. The van der Waals surface area contributed by atoms with Crippen LogP contribution in [-0.4, -0.2) is 30.6 Å². The van der Waals surface area contributed by atoms with Crippen molar-refractivity contribution in [2.45, 2.75) is 52.6 Å². The molecule has 0 N–H and O–H groups in total. The highest BCUT2D eigenvalue weighted by atomic mass is 19.4. The highest BCUT2D eigenvalue weighted by molar-refractivity contribution is 6.01. The van der Waals surface area contributed by atoms with Gasteiger partial charge in [-0.1, -0.05) is 44.9 Å². The highest BCUT2D eigenvalue weighted by Crippen LogP contribution is 2.32. The molecule has 0 saturated carbocycles. The fourth-order valence-corrected chi connectivity index (χ4v) is 6.72. The van der Waals surface area contributed by atoms with Gasteiger partial charge in [-0.25, -0.2) is 0 Å². The number of hydrogen-bond donors (Lipinski definition) is 0. The third-order valence-electron chi connectivity index (χ3n) is 9.62. The maximum Gasteiger partial charge on any atom is 0.417 e. The second-order valence-corrected chi connectivity index (χ2v) is 12.9. The molecular weight excluding hydrogens is 713 g/mol. The molecule has 7 rings (SSSR count). The van der Waals surface area contributed by atoms with Gasteiger partial charge in [-0.3, -0.25) is 38.4 Å². The number of hydrogen-bond acceptors (Lipinski definition) is 10. The Hall–Kier alpha value is -6.65. The van der Waals surface area contributed by atoms with Crippen molar-refractivity contribution in [3.63, 3.8) is 0 Å². The number of alkyl halides is 3. The van der Waals surface area contributed by atoms with Crippen molar-refractivity contribution in [1.29, 1.82) is 0 Å². The van der Waals surface area contributed by atoms with Gasteiger partial charge in [0.15, 0.2) is 0 Å². The van der Waals surface area contributed by atoms with Crippen molar-refractivity contribution < 1.29 is 13.2 Å². The second-order valence-electron chi connectivity index (χ2n) is 12.9. The number of fused-ring (bicyclic) bond motifs is 4. The van der Waals surface area contributed by atoms with Crippen molar-refractivity contribution in [1.82, 2.24) is 18.7 Å². The molecule has 0 radical (unpaired) electrons. The van der Waals surface area contributed by atoms with Crippen LogP contribution in [0.4, 0.5) is 13.2 Å². The van der Waals surface area contributed by atoms with Gasteiger partial charge < -0.3 is 0 Å². The largest absolute Gasteiger partial charge is 0.417 e.